The second kappa shape index (κ2) is 11.9. The molecule has 1 aliphatic heterocycles. The molecule has 5 rings (SSSR count). The second-order valence-corrected chi connectivity index (χ2v) is 9.49. The summed E-state index contributed by atoms with van der Waals surface area (Å²) >= 11 is 0. The van der Waals surface area contributed by atoms with Gasteiger partial charge in [0, 0.05) is 24.0 Å². The topological polar surface area (TPSA) is 30.9 Å². The number of ether oxygens (including phenoxy) is 3. The van der Waals surface area contributed by atoms with Gasteiger partial charge in [-0.15, -0.1) is 0 Å². The first-order valence-electron chi connectivity index (χ1n) is 13.2. The fourth-order valence-electron chi connectivity index (χ4n) is 5.07. The maximum Gasteiger partial charge on any atom is 0.143 e. The van der Waals surface area contributed by atoms with E-state index in [9.17, 15) is 0 Å². The van der Waals surface area contributed by atoms with Gasteiger partial charge < -0.3 is 19.1 Å². The van der Waals surface area contributed by atoms with Crippen LogP contribution in [0.4, 0.5) is 0 Å². The Morgan fingerprint density at radius 3 is 2.30 bits per heavy atom. The van der Waals surface area contributed by atoms with Crippen LogP contribution in [-0.4, -0.2) is 32.2 Å². The van der Waals surface area contributed by atoms with Gasteiger partial charge in [0.2, 0.25) is 0 Å². The van der Waals surface area contributed by atoms with Gasteiger partial charge in [-0.25, -0.2) is 0 Å². The zero-order valence-corrected chi connectivity index (χ0v) is 21.8. The summed E-state index contributed by atoms with van der Waals surface area (Å²) in [6.45, 7) is 2.33. The Morgan fingerprint density at radius 2 is 1.51 bits per heavy atom. The van der Waals surface area contributed by atoms with Crippen molar-refractivity contribution >= 4 is 10.8 Å². The minimum Gasteiger partial charge on any atom is -0.497 e. The van der Waals surface area contributed by atoms with Crippen LogP contribution in [0.1, 0.15) is 31.2 Å². The number of hydrogen-bond donors (Lipinski definition) is 0. The van der Waals surface area contributed by atoms with Crippen LogP contribution in [0.25, 0.3) is 21.9 Å². The van der Waals surface area contributed by atoms with Crippen molar-refractivity contribution in [3.63, 3.8) is 0 Å². The Balaban J connectivity index is 1.61. The van der Waals surface area contributed by atoms with Crippen molar-refractivity contribution in [3.05, 3.63) is 96.7 Å². The number of likely N-dealkylation sites (tertiary alicyclic amines) is 1. The van der Waals surface area contributed by atoms with E-state index in [-0.39, 0.29) is 0 Å². The third-order valence-corrected chi connectivity index (χ3v) is 6.99. The van der Waals surface area contributed by atoms with E-state index in [1.807, 2.05) is 48.5 Å². The molecule has 0 saturated carbocycles. The van der Waals surface area contributed by atoms with Crippen LogP contribution in [-0.2, 0) is 6.42 Å². The van der Waals surface area contributed by atoms with E-state index in [4.69, 9.17) is 14.2 Å². The zero-order valence-electron chi connectivity index (χ0n) is 21.8. The van der Waals surface area contributed by atoms with Crippen molar-refractivity contribution in [1.29, 1.82) is 0 Å². The quantitative estimate of drug-likeness (QED) is 0.235. The zero-order chi connectivity index (χ0) is 25.5. The molecule has 0 spiro atoms. The highest BCUT2D eigenvalue weighted by Gasteiger charge is 2.19. The van der Waals surface area contributed by atoms with E-state index in [0.717, 1.165) is 70.8 Å². The highest BCUT2D eigenvalue weighted by atomic mass is 16.5. The molecule has 1 fully saturated rings. The molecule has 0 unspecified atom stereocenters. The second-order valence-electron chi connectivity index (χ2n) is 9.49. The van der Waals surface area contributed by atoms with Crippen LogP contribution in [0.2, 0.25) is 0 Å². The van der Waals surface area contributed by atoms with E-state index in [1.54, 1.807) is 14.2 Å². The summed E-state index contributed by atoms with van der Waals surface area (Å²) in [6.07, 6.45) is 10.4. The van der Waals surface area contributed by atoms with Gasteiger partial charge in [-0.3, -0.25) is 0 Å². The molecule has 1 heterocycles. The molecule has 0 amide bonds. The largest absolute Gasteiger partial charge is 0.497 e. The molecular weight excluding hydrogens is 458 g/mol. The maximum absolute atomic E-state index is 6.66. The first-order chi connectivity index (χ1) is 18.2. The minimum absolute atomic E-state index is 0.811. The summed E-state index contributed by atoms with van der Waals surface area (Å²) in [4.78, 5) is 2.45. The Kier molecular flexibility index (Phi) is 7.95. The Hall–Kier alpha value is -3.92. The van der Waals surface area contributed by atoms with E-state index >= 15 is 0 Å². The molecule has 4 nitrogen and oxygen atoms in total. The molecule has 37 heavy (non-hydrogen) atoms. The van der Waals surface area contributed by atoms with E-state index in [0.29, 0.717) is 0 Å². The molecule has 190 valence electrons. The van der Waals surface area contributed by atoms with Gasteiger partial charge in [-0.05, 0) is 97.3 Å². The monoisotopic (exact) mass is 493 g/mol. The number of aryl methyl sites for hydroxylation is 1. The normalized spacial score (nSPS) is 13.7. The molecule has 1 aliphatic rings. The SMILES string of the molecule is COc1cccc(-c2c(CCC=CN3CCCCC3)cc3cc(OC)ccc3c2Oc2ccccc2)c1. The lowest BCUT2D eigenvalue weighted by Crippen LogP contribution is -2.24. The fraction of sp³-hybridized carbons (Fsp3) is 0.273. The van der Waals surface area contributed by atoms with Crippen molar-refractivity contribution in [2.45, 2.75) is 32.1 Å². The van der Waals surface area contributed by atoms with Crippen LogP contribution < -0.4 is 14.2 Å². The van der Waals surface area contributed by atoms with Crippen molar-refractivity contribution in [2.75, 3.05) is 27.3 Å². The number of methoxy groups -OCH3 is 2. The van der Waals surface area contributed by atoms with Crippen molar-refractivity contribution < 1.29 is 14.2 Å². The lowest BCUT2D eigenvalue weighted by atomic mass is 9.91. The number of para-hydroxylation sites is 1. The highest BCUT2D eigenvalue weighted by molar-refractivity contribution is 5.98. The summed E-state index contributed by atoms with van der Waals surface area (Å²) < 4.78 is 17.8. The molecule has 0 aliphatic carbocycles. The number of allylic oxidation sites excluding steroid dienone is 1. The lowest BCUT2D eigenvalue weighted by molar-refractivity contribution is 0.308. The van der Waals surface area contributed by atoms with Gasteiger partial charge >= 0.3 is 0 Å². The third kappa shape index (κ3) is 5.91. The van der Waals surface area contributed by atoms with E-state index in [1.165, 1.54) is 24.8 Å². The molecule has 4 aromatic carbocycles. The molecule has 0 radical (unpaired) electrons. The summed E-state index contributed by atoms with van der Waals surface area (Å²) in [5.41, 5.74) is 3.42. The molecular formula is C33H35NO3. The highest BCUT2D eigenvalue weighted by Crippen LogP contribution is 2.44. The Bertz CT molecular complexity index is 1360. The first kappa shape index (κ1) is 24.8. The van der Waals surface area contributed by atoms with Gasteiger partial charge in [0.05, 0.1) is 14.2 Å². The van der Waals surface area contributed by atoms with Crippen LogP contribution in [0.15, 0.2) is 91.1 Å². The van der Waals surface area contributed by atoms with Crippen LogP contribution in [0.3, 0.4) is 0 Å². The predicted molar refractivity (Wildman–Crippen MR) is 152 cm³/mol. The number of piperidine rings is 1. The summed E-state index contributed by atoms with van der Waals surface area (Å²) in [5.74, 6) is 3.33. The van der Waals surface area contributed by atoms with Crippen molar-refractivity contribution in [2.24, 2.45) is 0 Å². The third-order valence-electron chi connectivity index (χ3n) is 6.99. The van der Waals surface area contributed by atoms with Crippen LogP contribution in [0, 0.1) is 0 Å². The smallest absolute Gasteiger partial charge is 0.143 e. The van der Waals surface area contributed by atoms with Gasteiger partial charge in [0.25, 0.3) is 0 Å². The molecule has 4 aromatic rings. The molecule has 0 aromatic heterocycles. The number of benzene rings is 4. The lowest BCUT2D eigenvalue weighted by Gasteiger charge is -2.24. The average Bonchev–Trinajstić information content (AvgIpc) is 2.96. The van der Waals surface area contributed by atoms with Gasteiger partial charge in [0.15, 0.2) is 0 Å². The Labute approximate surface area is 220 Å². The maximum atomic E-state index is 6.66. The number of nitrogens with zero attached hydrogens (tertiary/aromatic N) is 1. The Morgan fingerprint density at radius 1 is 0.757 bits per heavy atom. The van der Waals surface area contributed by atoms with Crippen LogP contribution >= 0.6 is 0 Å². The van der Waals surface area contributed by atoms with Crippen molar-refractivity contribution in [3.8, 4) is 34.1 Å². The van der Waals surface area contributed by atoms with E-state index in [2.05, 4.69) is 47.5 Å². The molecule has 0 N–H and O–H groups in total. The number of fused-ring (bicyclic) bond motifs is 1. The first-order valence-corrected chi connectivity index (χ1v) is 13.2. The number of hydrogen-bond acceptors (Lipinski definition) is 4. The number of rotatable bonds is 9. The van der Waals surface area contributed by atoms with Crippen LogP contribution in [0.5, 0.6) is 23.0 Å². The molecule has 0 atom stereocenters. The van der Waals surface area contributed by atoms with E-state index < -0.39 is 0 Å². The van der Waals surface area contributed by atoms with Crippen molar-refractivity contribution in [1.82, 2.24) is 4.90 Å². The molecule has 0 bridgehead atoms. The fourth-order valence-corrected chi connectivity index (χ4v) is 5.07. The van der Waals surface area contributed by atoms with Gasteiger partial charge in [-0.2, -0.15) is 0 Å². The minimum atomic E-state index is 0.811. The summed E-state index contributed by atoms with van der Waals surface area (Å²) in [5, 5.41) is 2.15. The standard InChI is InChI=1S/C33H35NO3/c1-35-29-16-11-13-26(23-29)32-25(12-7-10-21-34-19-8-4-9-20-34)22-27-24-30(36-2)17-18-31(27)33(32)37-28-14-5-3-6-15-28/h3,5-6,10-11,13-18,21-24H,4,7-9,12,19-20H2,1-2H3. The summed E-state index contributed by atoms with van der Waals surface area (Å²) in [7, 11) is 3.42. The summed E-state index contributed by atoms with van der Waals surface area (Å²) in [6, 6.07) is 26.7. The molecule has 4 heteroatoms. The average molecular weight is 494 g/mol. The predicted octanol–water partition coefficient (Wildman–Crippen LogP) is 8.25. The van der Waals surface area contributed by atoms with Gasteiger partial charge in [-0.1, -0.05) is 42.5 Å². The van der Waals surface area contributed by atoms with Gasteiger partial charge in [0.1, 0.15) is 23.0 Å². The molecule has 1 saturated heterocycles.